The summed E-state index contributed by atoms with van der Waals surface area (Å²) in [6.45, 7) is 1.46. The number of hydrogen-bond donors (Lipinski definition) is 2. The fourth-order valence-electron chi connectivity index (χ4n) is 2.93. The Labute approximate surface area is 188 Å². The van der Waals surface area contributed by atoms with Gasteiger partial charge in [0.2, 0.25) is 0 Å². The number of nitro groups is 2. The number of carbonyl (C=O) groups excluding carboxylic acids is 2. The van der Waals surface area contributed by atoms with Gasteiger partial charge in [-0.15, -0.1) is 0 Å². The minimum Gasteiger partial charge on any atom is -0.319 e. The lowest BCUT2D eigenvalue weighted by Gasteiger charge is -2.13. The van der Waals surface area contributed by atoms with E-state index >= 15 is 0 Å². The SMILES string of the molecule is Cc1cc(NC(=O)c2cc([N+](=O)[O-])ccc2F)c(F)c(NC(=O)c2cc([N+](=O)[O-])ccc2F)c1. The standard InChI is InChI=1S/C21H13F3N4O6/c1-10-6-17(25-20(29)13-8-11(27(31)32)2-4-15(13)22)19(24)18(7-10)26-21(30)14-9-12(28(33)34)3-5-16(14)23/h2-9H,1H3,(H,25,29)(H,26,30). The molecule has 0 bridgehead atoms. The van der Waals surface area contributed by atoms with E-state index in [0.717, 1.165) is 24.3 Å². The summed E-state index contributed by atoms with van der Waals surface area (Å²) in [5.41, 5.74) is -3.28. The molecule has 174 valence electrons. The molecule has 2 N–H and O–H groups in total. The molecule has 3 aromatic rings. The Morgan fingerprint density at radius 1 is 0.735 bits per heavy atom. The molecule has 3 aromatic carbocycles. The third kappa shape index (κ3) is 4.98. The summed E-state index contributed by atoms with van der Waals surface area (Å²) in [6.07, 6.45) is 0. The highest BCUT2D eigenvalue weighted by Crippen LogP contribution is 2.27. The Morgan fingerprint density at radius 3 is 1.47 bits per heavy atom. The van der Waals surface area contributed by atoms with E-state index < -0.39 is 73.0 Å². The number of nitrogens with one attached hydrogen (secondary N) is 2. The van der Waals surface area contributed by atoms with Crippen LogP contribution in [0.1, 0.15) is 26.3 Å². The van der Waals surface area contributed by atoms with E-state index in [4.69, 9.17) is 0 Å². The molecule has 0 aliphatic carbocycles. The second-order valence-electron chi connectivity index (χ2n) is 6.92. The maximum atomic E-state index is 15.0. The number of rotatable bonds is 6. The maximum Gasteiger partial charge on any atom is 0.270 e. The molecule has 34 heavy (non-hydrogen) atoms. The summed E-state index contributed by atoms with van der Waals surface area (Å²) in [5, 5.41) is 25.9. The van der Waals surface area contributed by atoms with Crippen molar-refractivity contribution in [1.82, 2.24) is 0 Å². The molecule has 0 aliphatic heterocycles. The zero-order valence-corrected chi connectivity index (χ0v) is 17.1. The van der Waals surface area contributed by atoms with Crippen LogP contribution in [0.3, 0.4) is 0 Å². The normalized spacial score (nSPS) is 10.5. The maximum absolute atomic E-state index is 15.0. The number of nitrogens with zero attached hydrogens (tertiary/aromatic N) is 2. The van der Waals surface area contributed by atoms with Gasteiger partial charge in [0.05, 0.1) is 32.3 Å². The number of carbonyl (C=O) groups is 2. The van der Waals surface area contributed by atoms with Crippen molar-refractivity contribution < 1.29 is 32.6 Å². The second kappa shape index (κ2) is 9.36. The van der Waals surface area contributed by atoms with Crippen LogP contribution in [0.5, 0.6) is 0 Å². The number of halogens is 3. The summed E-state index contributed by atoms with van der Waals surface area (Å²) in [6, 6.07) is 6.74. The summed E-state index contributed by atoms with van der Waals surface area (Å²) in [4.78, 5) is 44.9. The van der Waals surface area contributed by atoms with Gasteiger partial charge in [0, 0.05) is 24.3 Å². The molecule has 0 radical (unpaired) electrons. The Kier molecular flexibility index (Phi) is 6.56. The molecule has 10 nitrogen and oxygen atoms in total. The number of anilines is 2. The first-order valence-corrected chi connectivity index (χ1v) is 9.28. The lowest BCUT2D eigenvalue weighted by molar-refractivity contribution is -0.385. The molecular weight excluding hydrogens is 461 g/mol. The van der Waals surface area contributed by atoms with Crippen LogP contribution in [0, 0.1) is 44.6 Å². The van der Waals surface area contributed by atoms with E-state index in [0.29, 0.717) is 29.8 Å². The molecule has 0 saturated heterocycles. The van der Waals surface area contributed by atoms with Crippen LogP contribution < -0.4 is 10.6 Å². The van der Waals surface area contributed by atoms with Crippen molar-refractivity contribution in [1.29, 1.82) is 0 Å². The predicted octanol–water partition coefficient (Wildman–Crippen LogP) is 4.73. The topological polar surface area (TPSA) is 144 Å². The van der Waals surface area contributed by atoms with E-state index in [9.17, 15) is 43.0 Å². The van der Waals surface area contributed by atoms with Crippen LogP contribution in [0.25, 0.3) is 0 Å². The lowest BCUT2D eigenvalue weighted by atomic mass is 10.1. The average Bonchev–Trinajstić information content (AvgIpc) is 2.76. The number of non-ortho nitro benzene ring substituents is 2. The lowest BCUT2D eigenvalue weighted by Crippen LogP contribution is -2.18. The molecule has 0 aliphatic rings. The number of hydrogen-bond acceptors (Lipinski definition) is 6. The fraction of sp³-hybridized carbons (Fsp3) is 0.0476. The second-order valence-corrected chi connectivity index (χ2v) is 6.92. The highest BCUT2D eigenvalue weighted by Gasteiger charge is 2.22. The largest absolute Gasteiger partial charge is 0.319 e. The van der Waals surface area contributed by atoms with Crippen LogP contribution in [0.4, 0.5) is 35.9 Å². The number of benzene rings is 3. The van der Waals surface area contributed by atoms with Gasteiger partial charge in [-0.3, -0.25) is 29.8 Å². The van der Waals surface area contributed by atoms with E-state index in [1.165, 1.54) is 6.92 Å². The summed E-state index contributed by atoms with van der Waals surface area (Å²) >= 11 is 0. The zero-order valence-electron chi connectivity index (χ0n) is 17.1. The molecule has 13 heteroatoms. The molecule has 3 rings (SSSR count). The van der Waals surface area contributed by atoms with Gasteiger partial charge in [-0.25, -0.2) is 13.2 Å². The number of aryl methyl sites for hydroxylation is 1. The molecule has 2 amide bonds. The van der Waals surface area contributed by atoms with Gasteiger partial charge >= 0.3 is 0 Å². The van der Waals surface area contributed by atoms with Crippen molar-refractivity contribution in [3.05, 3.63) is 103 Å². The Bertz CT molecular complexity index is 1260. The van der Waals surface area contributed by atoms with Crippen molar-refractivity contribution in [3.63, 3.8) is 0 Å². The van der Waals surface area contributed by atoms with E-state index in [1.54, 1.807) is 0 Å². The molecule has 0 unspecified atom stereocenters. The summed E-state index contributed by atoms with van der Waals surface area (Å²) < 4.78 is 43.0. The van der Waals surface area contributed by atoms with Crippen LogP contribution in [-0.2, 0) is 0 Å². The van der Waals surface area contributed by atoms with Gasteiger partial charge in [0.25, 0.3) is 23.2 Å². The monoisotopic (exact) mass is 474 g/mol. The molecule has 0 spiro atoms. The van der Waals surface area contributed by atoms with Crippen LogP contribution in [0.15, 0.2) is 48.5 Å². The number of nitro benzene ring substituents is 2. The van der Waals surface area contributed by atoms with Crippen LogP contribution in [-0.4, -0.2) is 21.7 Å². The first kappa shape index (κ1) is 23.8. The first-order chi connectivity index (χ1) is 16.0. The van der Waals surface area contributed by atoms with Crippen LogP contribution >= 0.6 is 0 Å². The quantitative estimate of drug-likeness (QED) is 0.390. The van der Waals surface area contributed by atoms with Gasteiger partial charge in [-0.05, 0) is 36.8 Å². The first-order valence-electron chi connectivity index (χ1n) is 9.28. The highest BCUT2D eigenvalue weighted by atomic mass is 19.1. The van der Waals surface area contributed by atoms with Gasteiger partial charge in [-0.1, -0.05) is 0 Å². The highest BCUT2D eigenvalue weighted by molar-refractivity contribution is 6.07. The molecule has 0 heterocycles. The average molecular weight is 474 g/mol. The van der Waals surface area contributed by atoms with Crippen molar-refractivity contribution in [3.8, 4) is 0 Å². The van der Waals surface area contributed by atoms with Crippen molar-refractivity contribution in [2.75, 3.05) is 10.6 Å². The Morgan fingerprint density at radius 2 is 1.12 bits per heavy atom. The van der Waals surface area contributed by atoms with Gasteiger partial charge in [0.15, 0.2) is 5.82 Å². The third-order valence-corrected chi connectivity index (χ3v) is 4.52. The van der Waals surface area contributed by atoms with Crippen molar-refractivity contribution in [2.45, 2.75) is 6.92 Å². The fourth-order valence-corrected chi connectivity index (χ4v) is 2.93. The molecule has 0 fully saturated rings. The van der Waals surface area contributed by atoms with Crippen molar-refractivity contribution in [2.24, 2.45) is 0 Å². The van der Waals surface area contributed by atoms with E-state index in [1.807, 2.05) is 0 Å². The smallest absolute Gasteiger partial charge is 0.270 e. The van der Waals surface area contributed by atoms with Gasteiger partial charge < -0.3 is 10.6 Å². The van der Waals surface area contributed by atoms with Crippen molar-refractivity contribution >= 4 is 34.6 Å². The third-order valence-electron chi connectivity index (χ3n) is 4.52. The minimum absolute atomic E-state index is 0.311. The van der Waals surface area contributed by atoms with Gasteiger partial charge in [-0.2, -0.15) is 0 Å². The number of amides is 2. The predicted molar refractivity (Wildman–Crippen MR) is 113 cm³/mol. The minimum atomic E-state index is -1.20. The zero-order chi connectivity index (χ0) is 25.2. The summed E-state index contributed by atoms with van der Waals surface area (Å²) in [7, 11) is 0. The van der Waals surface area contributed by atoms with Gasteiger partial charge in [0.1, 0.15) is 11.6 Å². The van der Waals surface area contributed by atoms with E-state index in [-0.39, 0.29) is 0 Å². The summed E-state index contributed by atoms with van der Waals surface area (Å²) in [5.74, 6) is -5.78. The molecular formula is C21H13F3N4O6. The molecule has 0 aromatic heterocycles. The Balaban J connectivity index is 1.91. The Hall–Kier alpha value is -4.81. The van der Waals surface area contributed by atoms with E-state index in [2.05, 4.69) is 10.6 Å². The molecule has 0 saturated carbocycles. The van der Waals surface area contributed by atoms with Crippen LogP contribution in [0.2, 0.25) is 0 Å². The molecule has 0 atom stereocenters.